The van der Waals surface area contributed by atoms with Crippen molar-refractivity contribution in [1.29, 1.82) is 0 Å². The minimum atomic E-state index is 0.0797. The molecule has 318 valence electrons. The van der Waals surface area contributed by atoms with Crippen molar-refractivity contribution in [2.75, 3.05) is 0 Å². The normalized spacial score (nSPS) is 14.2. The molecule has 3 aliphatic carbocycles. The third kappa shape index (κ3) is 6.90. The van der Waals surface area contributed by atoms with Gasteiger partial charge < -0.3 is 0 Å². The van der Waals surface area contributed by atoms with E-state index < -0.39 is 0 Å². The molecule has 2 unspecified atom stereocenters. The van der Waals surface area contributed by atoms with Gasteiger partial charge >= 0.3 is 0 Å². The van der Waals surface area contributed by atoms with Crippen LogP contribution in [0.3, 0.4) is 0 Å². The first-order chi connectivity index (χ1) is 33.7. The molecule has 0 radical (unpaired) electrons. The summed E-state index contributed by atoms with van der Waals surface area (Å²) >= 11 is 0. The molecule has 6 heteroatoms. The minimum absolute atomic E-state index is 0.0797. The molecule has 0 N–H and O–H groups in total. The van der Waals surface area contributed by atoms with Crippen molar-refractivity contribution in [3.05, 3.63) is 264 Å². The van der Waals surface area contributed by atoms with Gasteiger partial charge in [-0.15, -0.1) is 0 Å². The Morgan fingerprint density at radius 2 is 0.647 bits per heavy atom. The molecule has 3 heterocycles. The first kappa shape index (κ1) is 39.4. The standard InChI is InChI=1S/C62H40N6/c1-4-14-42(15-5-1)59-64-55(38-56(65-59)48-21-11-10-20-47(48)40-32-34-63-35-33-40)41-26-24-39(25-27-41)45-28-30-51-53(36-45)57-49-22-12-13-23-50(49)58(51)54-37-46(29-31-52(54)57)62-67-60(43-16-6-2-7-17-43)66-61(68-62)44-18-8-3-9-19-44/h1-38,57-58H. The van der Waals surface area contributed by atoms with Crippen molar-refractivity contribution >= 4 is 0 Å². The van der Waals surface area contributed by atoms with Crippen LogP contribution >= 0.6 is 0 Å². The van der Waals surface area contributed by atoms with Gasteiger partial charge in [0.25, 0.3) is 0 Å². The van der Waals surface area contributed by atoms with Crippen LogP contribution in [-0.4, -0.2) is 29.9 Å². The molecule has 2 atom stereocenters. The number of rotatable bonds is 8. The number of hydrogen-bond acceptors (Lipinski definition) is 6. The maximum Gasteiger partial charge on any atom is 0.164 e. The van der Waals surface area contributed by atoms with Crippen molar-refractivity contribution in [3.8, 4) is 90.3 Å². The molecule has 0 amide bonds. The molecule has 14 rings (SSSR count). The van der Waals surface area contributed by atoms with Gasteiger partial charge in [0.2, 0.25) is 0 Å². The maximum atomic E-state index is 5.16. The van der Waals surface area contributed by atoms with Gasteiger partial charge in [0.15, 0.2) is 23.3 Å². The third-order valence-electron chi connectivity index (χ3n) is 13.5. The molecule has 68 heavy (non-hydrogen) atoms. The lowest BCUT2D eigenvalue weighted by Gasteiger charge is -2.42. The van der Waals surface area contributed by atoms with Crippen molar-refractivity contribution in [2.24, 2.45) is 0 Å². The molecule has 0 saturated heterocycles. The highest BCUT2D eigenvalue weighted by Gasteiger charge is 2.41. The topological polar surface area (TPSA) is 77.3 Å². The Labute approximate surface area is 394 Å². The highest BCUT2D eigenvalue weighted by Crippen LogP contribution is 2.56. The fraction of sp³-hybridized carbons (Fsp3) is 0.0323. The largest absolute Gasteiger partial charge is 0.265 e. The lowest BCUT2D eigenvalue weighted by Crippen LogP contribution is -2.27. The number of nitrogens with zero attached hydrogens (tertiary/aromatic N) is 6. The molecule has 0 spiro atoms. The predicted octanol–water partition coefficient (Wildman–Crippen LogP) is 14.4. The first-order valence-electron chi connectivity index (χ1n) is 23.0. The van der Waals surface area contributed by atoms with Crippen molar-refractivity contribution in [1.82, 2.24) is 29.9 Å². The third-order valence-corrected chi connectivity index (χ3v) is 13.5. The highest BCUT2D eigenvalue weighted by molar-refractivity contribution is 5.84. The smallest absolute Gasteiger partial charge is 0.164 e. The van der Waals surface area contributed by atoms with Crippen LogP contribution in [0.5, 0.6) is 0 Å². The number of pyridine rings is 1. The van der Waals surface area contributed by atoms with E-state index >= 15 is 0 Å². The van der Waals surface area contributed by atoms with E-state index in [2.05, 4.69) is 157 Å². The minimum Gasteiger partial charge on any atom is -0.265 e. The summed E-state index contributed by atoms with van der Waals surface area (Å²) in [6.07, 6.45) is 3.66. The Kier molecular flexibility index (Phi) is 9.53. The van der Waals surface area contributed by atoms with Gasteiger partial charge in [-0.3, -0.25) is 4.98 Å². The maximum absolute atomic E-state index is 5.16. The molecule has 3 aliphatic rings. The number of hydrogen-bond donors (Lipinski definition) is 0. The van der Waals surface area contributed by atoms with Crippen LogP contribution in [0.4, 0.5) is 0 Å². The summed E-state index contributed by atoms with van der Waals surface area (Å²) in [6, 6.07) is 76.9. The van der Waals surface area contributed by atoms with E-state index in [1.807, 2.05) is 79.1 Å². The van der Waals surface area contributed by atoms with E-state index in [1.165, 1.54) is 38.9 Å². The van der Waals surface area contributed by atoms with Gasteiger partial charge in [-0.2, -0.15) is 0 Å². The van der Waals surface area contributed by atoms with Crippen LogP contribution in [0, 0.1) is 0 Å². The Morgan fingerprint density at radius 1 is 0.235 bits per heavy atom. The van der Waals surface area contributed by atoms with Crippen LogP contribution in [-0.2, 0) is 0 Å². The zero-order valence-corrected chi connectivity index (χ0v) is 36.8. The van der Waals surface area contributed by atoms with Crippen LogP contribution in [0.1, 0.15) is 45.2 Å². The lowest BCUT2D eigenvalue weighted by atomic mass is 9.60. The molecule has 0 fully saturated rings. The molecular formula is C62H40N6. The molecule has 6 nitrogen and oxygen atoms in total. The summed E-state index contributed by atoms with van der Waals surface area (Å²) in [4.78, 5) is 29.7. The van der Waals surface area contributed by atoms with E-state index in [4.69, 9.17) is 24.9 Å². The van der Waals surface area contributed by atoms with E-state index in [0.29, 0.717) is 23.3 Å². The Bertz CT molecular complexity index is 3610. The SMILES string of the molecule is c1ccc(-c2nc(-c3ccc(-c4ccc5c(c4)C4c6ccccc6C5c5cc(-c6nc(-c7ccccc7)nc(-c7ccccc7)n6)ccc54)cc3)cc(-c3ccccc3-c3ccncc3)n2)cc1. The van der Waals surface area contributed by atoms with Gasteiger partial charge in [0.05, 0.1) is 11.4 Å². The summed E-state index contributed by atoms with van der Waals surface area (Å²) in [6.45, 7) is 0. The zero-order valence-electron chi connectivity index (χ0n) is 36.8. The number of aromatic nitrogens is 6. The van der Waals surface area contributed by atoms with Gasteiger partial charge in [0.1, 0.15) is 0 Å². The van der Waals surface area contributed by atoms with E-state index in [0.717, 1.165) is 61.5 Å². The quantitative estimate of drug-likeness (QED) is 0.151. The summed E-state index contributed by atoms with van der Waals surface area (Å²) in [7, 11) is 0. The highest BCUT2D eigenvalue weighted by atomic mass is 15.0. The molecule has 0 saturated carbocycles. The second-order valence-corrected chi connectivity index (χ2v) is 17.4. The van der Waals surface area contributed by atoms with Crippen LogP contribution < -0.4 is 0 Å². The van der Waals surface area contributed by atoms with Crippen LogP contribution in [0.2, 0.25) is 0 Å². The Morgan fingerprint density at radius 3 is 1.22 bits per heavy atom. The van der Waals surface area contributed by atoms with Crippen molar-refractivity contribution in [2.45, 2.75) is 11.8 Å². The van der Waals surface area contributed by atoms with Gasteiger partial charge in [-0.05, 0) is 86.0 Å². The summed E-state index contributed by atoms with van der Waals surface area (Å²) in [5.41, 5.74) is 20.3. The Hall–Kier alpha value is -9.00. The summed E-state index contributed by atoms with van der Waals surface area (Å²) in [5, 5.41) is 0. The second-order valence-electron chi connectivity index (χ2n) is 17.4. The van der Waals surface area contributed by atoms with Crippen molar-refractivity contribution in [3.63, 3.8) is 0 Å². The predicted molar refractivity (Wildman–Crippen MR) is 271 cm³/mol. The van der Waals surface area contributed by atoms with E-state index in [-0.39, 0.29) is 11.8 Å². The molecule has 3 aromatic heterocycles. The van der Waals surface area contributed by atoms with E-state index in [9.17, 15) is 0 Å². The van der Waals surface area contributed by atoms with E-state index in [1.54, 1.807) is 0 Å². The van der Waals surface area contributed by atoms with Gasteiger partial charge in [-0.25, -0.2) is 24.9 Å². The summed E-state index contributed by atoms with van der Waals surface area (Å²) in [5.74, 6) is 2.84. The molecule has 2 bridgehead atoms. The first-order valence-corrected chi connectivity index (χ1v) is 23.0. The zero-order chi connectivity index (χ0) is 45.0. The monoisotopic (exact) mass is 868 g/mol. The fourth-order valence-corrected chi connectivity index (χ4v) is 10.2. The molecule has 11 aromatic rings. The lowest BCUT2D eigenvalue weighted by molar-refractivity contribution is 0.755. The van der Waals surface area contributed by atoms with Gasteiger partial charge in [0, 0.05) is 57.6 Å². The fourth-order valence-electron chi connectivity index (χ4n) is 10.2. The summed E-state index contributed by atoms with van der Waals surface area (Å²) < 4.78 is 0. The average molecular weight is 869 g/mol. The Balaban J connectivity index is 0.869. The van der Waals surface area contributed by atoms with Crippen LogP contribution in [0.25, 0.3) is 90.3 Å². The molecular weight excluding hydrogens is 829 g/mol. The van der Waals surface area contributed by atoms with Gasteiger partial charge in [-0.1, -0.05) is 188 Å². The average Bonchev–Trinajstić information content (AvgIpc) is 3.43. The second kappa shape index (κ2) is 16.5. The van der Waals surface area contributed by atoms with Crippen LogP contribution in [0.15, 0.2) is 231 Å². The van der Waals surface area contributed by atoms with Crippen molar-refractivity contribution < 1.29 is 0 Å². The number of benzene rings is 8. The molecule has 0 aliphatic heterocycles. The molecule has 8 aromatic carbocycles.